The molecule has 76 valence electrons. The van der Waals surface area contributed by atoms with Gasteiger partial charge in [0, 0.05) is 5.92 Å². The first-order valence-corrected chi connectivity index (χ1v) is 4.73. The molecule has 0 radical (unpaired) electrons. The van der Waals surface area contributed by atoms with Crippen LogP contribution < -0.4 is 0 Å². The van der Waals surface area contributed by atoms with Crippen molar-refractivity contribution in [3.8, 4) is 0 Å². The molecule has 1 N–H and O–H groups in total. The van der Waals surface area contributed by atoms with Crippen LogP contribution in [0.4, 0.5) is 0 Å². The van der Waals surface area contributed by atoms with Crippen molar-refractivity contribution in [1.29, 1.82) is 0 Å². The van der Waals surface area contributed by atoms with Crippen molar-refractivity contribution in [3.63, 3.8) is 0 Å². The molecular formula is C11H14O3. The summed E-state index contributed by atoms with van der Waals surface area (Å²) in [4.78, 5) is 11.0. The van der Waals surface area contributed by atoms with Crippen molar-refractivity contribution in [3.05, 3.63) is 23.7 Å². The van der Waals surface area contributed by atoms with E-state index in [9.17, 15) is 4.79 Å². The summed E-state index contributed by atoms with van der Waals surface area (Å²) in [7, 11) is 0. The molecule has 1 fully saturated rings. The fraction of sp³-hybridized carbons (Fsp3) is 0.545. The third-order valence-corrected chi connectivity index (χ3v) is 3.33. The number of carboxylic acids is 1. The minimum atomic E-state index is -0.708. The molecule has 1 aliphatic carbocycles. The van der Waals surface area contributed by atoms with Gasteiger partial charge in [-0.05, 0) is 24.0 Å². The van der Waals surface area contributed by atoms with Gasteiger partial charge in [0.15, 0.2) is 0 Å². The van der Waals surface area contributed by atoms with Gasteiger partial charge in [-0.3, -0.25) is 4.79 Å². The highest BCUT2D eigenvalue weighted by atomic mass is 16.4. The van der Waals surface area contributed by atoms with E-state index >= 15 is 0 Å². The van der Waals surface area contributed by atoms with E-state index < -0.39 is 5.97 Å². The fourth-order valence-corrected chi connectivity index (χ4v) is 2.40. The van der Waals surface area contributed by atoms with Crippen LogP contribution >= 0.6 is 0 Å². The highest BCUT2D eigenvalue weighted by Crippen LogP contribution is 2.64. The number of carboxylic acid groups (broad SMARTS) is 1. The molecule has 0 unspecified atom stereocenters. The molecule has 2 atom stereocenters. The highest BCUT2D eigenvalue weighted by Gasteiger charge is 2.63. The van der Waals surface area contributed by atoms with E-state index in [0.29, 0.717) is 0 Å². The minimum absolute atomic E-state index is 0.110. The molecule has 0 spiro atoms. The first kappa shape index (κ1) is 9.31. The van der Waals surface area contributed by atoms with Crippen LogP contribution in [0.2, 0.25) is 0 Å². The second kappa shape index (κ2) is 2.62. The molecule has 1 heterocycles. The lowest BCUT2D eigenvalue weighted by Gasteiger charge is -1.99. The Morgan fingerprint density at radius 2 is 2.21 bits per heavy atom. The van der Waals surface area contributed by atoms with Crippen molar-refractivity contribution in [2.75, 3.05) is 0 Å². The van der Waals surface area contributed by atoms with Crippen LogP contribution in [0.5, 0.6) is 0 Å². The van der Waals surface area contributed by atoms with Crippen LogP contribution in [0, 0.1) is 18.3 Å². The average molecular weight is 194 g/mol. The molecule has 1 saturated carbocycles. The van der Waals surface area contributed by atoms with Crippen LogP contribution in [0.25, 0.3) is 0 Å². The zero-order valence-electron chi connectivity index (χ0n) is 8.57. The SMILES string of the molecule is Cc1occc1[C@H]1[C@H](C(=O)O)C1(C)C. The lowest BCUT2D eigenvalue weighted by molar-refractivity contribution is -0.139. The summed E-state index contributed by atoms with van der Waals surface area (Å²) in [5.74, 6) is -0.0232. The second-order valence-corrected chi connectivity index (χ2v) is 4.55. The van der Waals surface area contributed by atoms with Gasteiger partial charge < -0.3 is 9.52 Å². The number of aliphatic carboxylic acids is 1. The van der Waals surface area contributed by atoms with E-state index in [0.717, 1.165) is 11.3 Å². The van der Waals surface area contributed by atoms with Crippen LogP contribution in [0.3, 0.4) is 0 Å². The van der Waals surface area contributed by atoms with Gasteiger partial charge in [-0.1, -0.05) is 13.8 Å². The van der Waals surface area contributed by atoms with Crippen molar-refractivity contribution in [1.82, 2.24) is 0 Å². The van der Waals surface area contributed by atoms with Crippen molar-refractivity contribution < 1.29 is 14.3 Å². The first-order chi connectivity index (χ1) is 6.46. The highest BCUT2D eigenvalue weighted by molar-refractivity contribution is 5.77. The molecule has 14 heavy (non-hydrogen) atoms. The Morgan fingerprint density at radius 3 is 2.57 bits per heavy atom. The molecular weight excluding hydrogens is 180 g/mol. The molecule has 0 aliphatic heterocycles. The average Bonchev–Trinajstić information content (AvgIpc) is 2.42. The number of rotatable bonds is 2. The molecule has 1 aromatic rings. The van der Waals surface area contributed by atoms with Crippen molar-refractivity contribution in [2.24, 2.45) is 11.3 Å². The number of carbonyl (C=O) groups is 1. The maximum absolute atomic E-state index is 11.0. The molecule has 0 bridgehead atoms. The quantitative estimate of drug-likeness (QED) is 0.786. The number of hydrogen-bond acceptors (Lipinski definition) is 2. The molecule has 0 amide bonds. The van der Waals surface area contributed by atoms with Crippen LogP contribution in [-0.4, -0.2) is 11.1 Å². The normalized spacial score (nSPS) is 28.8. The summed E-state index contributed by atoms with van der Waals surface area (Å²) in [6, 6.07) is 1.88. The van der Waals surface area contributed by atoms with Crippen LogP contribution in [0.15, 0.2) is 16.7 Å². The zero-order chi connectivity index (χ0) is 10.5. The standard InChI is InChI=1S/C11H14O3/c1-6-7(4-5-14-6)8-9(10(12)13)11(8,2)3/h4-5,8-9H,1-3H3,(H,12,13)/t8-,9+/m0/s1. The molecule has 0 saturated heterocycles. The van der Waals surface area contributed by atoms with Gasteiger partial charge in [0.1, 0.15) is 5.76 Å². The van der Waals surface area contributed by atoms with Crippen molar-refractivity contribution in [2.45, 2.75) is 26.7 Å². The second-order valence-electron chi connectivity index (χ2n) is 4.55. The Bertz CT molecular complexity index is 376. The van der Waals surface area contributed by atoms with Gasteiger partial charge in [-0.25, -0.2) is 0 Å². The summed E-state index contributed by atoms with van der Waals surface area (Å²) in [5, 5.41) is 9.02. The van der Waals surface area contributed by atoms with E-state index in [1.54, 1.807) is 6.26 Å². The van der Waals surface area contributed by atoms with Gasteiger partial charge in [0.25, 0.3) is 0 Å². The fourth-order valence-electron chi connectivity index (χ4n) is 2.40. The number of furan rings is 1. The summed E-state index contributed by atoms with van der Waals surface area (Å²) >= 11 is 0. The van der Waals surface area contributed by atoms with E-state index in [4.69, 9.17) is 9.52 Å². The Kier molecular flexibility index (Phi) is 1.74. The van der Waals surface area contributed by atoms with Gasteiger partial charge >= 0.3 is 5.97 Å². The van der Waals surface area contributed by atoms with Crippen LogP contribution in [-0.2, 0) is 4.79 Å². The number of aryl methyl sites for hydroxylation is 1. The molecule has 0 aromatic carbocycles. The topological polar surface area (TPSA) is 50.4 Å². The monoisotopic (exact) mass is 194 g/mol. The minimum Gasteiger partial charge on any atom is -0.481 e. The predicted molar refractivity (Wildman–Crippen MR) is 51.1 cm³/mol. The smallest absolute Gasteiger partial charge is 0.307 e. The summed E-state index contributed by atoms with van der Waals surface area (Å²) < 4.78 is 5.19. The molecule has 2 rings (SSSR count). The molecule has 3 nitrogen and oxygen atoms in total. The molecule has 1 aliphatic rings. The third-order valence-electron chi connectivity index (χ3n) is 3.33. The first-order valence-electron chi connectivity index (χ1n) is 4.73. The summed E-state index contributed by atoms with van der Waals surface area (Å²) in [6.07, 6.45) is 1.62. The lowest BCUT2D eigenvalue weighted by atomic mass is 10.0. The maximum atomic E-state index is 11.0. The summed E-state index contributed by atoms with van der Waals surface area (Å²) in [5.41, 5.74) is 0.905. The summed E-state index contributed by atoms with van der Waals surface area (Å²) in [6.45, 7) is 5.86. The van der Waals surface area contributed by atoms with Gasteiger partial charge in [-0.15, -0.1) is 0 Å². The predicted octanol–water partition coefficient (Wildman–Crippen LogP) is 2.41. The molecule has 1 aromatic heterocycles. The largest absolute Gasteiger partial charge is 0.481 e. The maximum Gasteiger partial charge on any atom is 0.307 e. The Labute approximate surface area is 82.7 Å². The van der Waals surface area contributed by atoms with E-state index in [2.05, 4.69) is 0 Å². The van der Waals surface area contributed by atoms with Gasteiger partial charge in [0.2, 0.25) is 0 Å². The van der Waals surface area contributed by atoms with Gasteiger partial charge in [-0.2, -0.15) is 0 Å². The number of hydrogen-bond donors (Lipinski definition) is 1. The van der Waals surface area contributed by atoms with Crippen LogP contribution in [0.1, 0.15) is 31.1 Å². The van der Waals surface area contributed by atoms with E-state index in [1.165, 1.54) is 0 Å². The Balaban J connectivity index is 2.32. The lowest BCUT2D eigenvalue weighted by Crippen LogP contribution is -2.03. The Hall–Kier alpha value is -1.25. The van der Waals surface area contributed by atoms with E-state index in [-0.39, 0.29) is 17.3 Å². The zero-order valence-corrected chi connectivity index (χ0v) is 8.57. The van der Waals surface area contributed by atoms with Gasteiger partial charge in [0.05, 0.1) is 12.2 Å². The molecule has 3 heteroatoms. The van der Waals surface area contributed by atoms with E-state index in [1.807, 2.05) is 26.8 Å². The van der Waals surface area contributed by atoms with Crippen molar-refractivity contribution >= 4 is 5.97 Å². The third kappa shape index (κ3) is 1.08. The Morgan fingerprint density at radius 1 is 1.57 bits per heavy atom.